The predicted octanol–water partition coefficient (Wildman–Crippen LogP) is 3.15. The number of hydrogen-bond donors (Lipinski definition) is 4. The van der Waals surface area contributed by atoms with E-state index in [9.17, 15) is 19.1 Å². The van der Waals surface area contributed by atoms with Crippen molar-refractivity contribution in [3.63, 3.8) is 0 Å². The van der Waals surface area contributed by atoms with E-state index in [0.29, 0.717) is 49.5 Å². The number of nitrogens with zero attached hydrogens (tertiary/aromatic N) is 1. The summed E-state index contributed by atoms with van der Waals surface area (Å²) >= 11 is 1.59. The van der Waals surface area contributed by atoms with Crippen LogP contribution in [0.3, 0.4) is 0 Å². The second-order valence-corrected chi connectivity index (χ2v) is 10.9. The molecule has 1 aromatic carbocycles. The number of benzene rings is 1. The Morgan fingerprint density at radius 2 is 1.97 bits per heavy atom. The molecule has 39 heavy (non-hydrogen) atoms. The molecule has 4 N–H and O–H groups in total. The molecule has 1 aromatic heterocycles. The number of ether oxygens (including phenoxy) is 1. The van der Waals surface area contributed by atoms with Gasteiger partial charge in [-0.1, -0.05) is 13.0 Å². The van der Waals surface area contributed by atoms with E-state index >= 15 is 0 Å². The number of pyridine rings is 1. The van der Waals surface area contributed by atoms with Crippen LogP contribution < -0.4 is 20.7 Å². The molecule has 214 valence electrons. The first-order valence-electron chi connectivity index (χ1n) is 13.7. The number of carbonyl (C=O) groups is 2. The molecular formula is C29H41FN4O4S. The van der Waals surface area contributed by atoms with Crippen LogP contribution in [-0.2, 0) is 29.0 Å². The van der Waals surface area contributed by atoms with Crippen molar-refractivity contribution in [2.24, 2.45) is 0 Å². The number of thioether (sulfide) groups is 1. The summed E-state index contributed by atoms with van der Waals surface area (Å²) < 4.78 is 20.2. The summed E-state index contributed by atoms with van der Waals surface area (Å²) in [6, 6.07) is 5.11. The maximum absolute atomic E-state index is 14.4. The molecule has 2 amide bonds. The third-order valence-electron chi connectivity index (χ3n) is 6.70. The van der Waals surface area contributed by atoms with Crippen LogP contribution in [0.1, 0.15) is 55.7 Å². The van der Waals surface area contributed by atoms with Gasteiger partial charge < -0.3 is 25.8 Å². The van der Waals surface area contributed by atoms with E-state index in [2.05, 4.69) is 33.9 Å². The first-order valence-corrected chi connectivity index (χ1v) is 15.1. The standard InChI is InChI=1S/C29H41FN4O4S/c1-3-20-11-22(17-31-16-20)18-32-19-27(35)26-14-21-12-23(30)15-24(13-21)38-9-6-4-5-7-28(36)33-25(8-10-39-2)29(37)34-26/h11-13,15-17,25-27,32,35H,3-10,14,18-19H2,1-2H3,(H,33,36)(H,34,37). The van der Waals surface area contributed by atoms with Crippen molar-refractivity contribution in [2.75, 3.05) is 25.2 Å². The van der Waals surface area contributed by atoms with Crippen LogP contribution in [0.5, 0.6) is 5.75 Å². The van der Waals surface area contributed by atoms with Crippen LogP contribution in [0.15, 0.2) is 36.7 Å². The number of halogens is 1. The normalized spacial score (nSPS) is 20.0. The number of carbonyl (C=O) groups excluding carboxylic acids is 2. The number of aryl methyl sites for hydroxylation is 1. The molecule has 1 aliphatic rings. The summed E-state index contributed by atoms with van der Waals surface area (Å²) in [5, 5.41) is 20.2. The van der Waals surface area contributed by atoms with Crippen LogP contribution in [0.2, 0.25) is 0 Å². The third-order valence-corrected chi connectivity index (χ3v) is 7.34. The van der Waals surface area contributed by atoms with Crippen LogP contribution in [0.25, 0.3) is 0 Å². The molecule has 0 spiro atoms. The molecule has 2 bridgehead atoms. The lowest BCUT2D eigenvalue weighted by Gasteiger charge is -2.28. The number of amides is 2. The number of aromatic nitrogens is 1. The maximum atomic E-state index is 14.4. The molecule has 0 aliphatic carbocycles. The van der Waals surface area contributed by atoms with E-state index in [1.165, 1.54) is 12.1 Å². The third kappa shape index (κ3) is 10.8. The zero-order valence-corrected chi connectivity index (χ0v) is 23.7. The van der Waals surface area contributed by atoms with Crippen molar-refractivity contribution in [1.82, 2.24) is 20.9 Å². The zero-order valence-electron chi connectivity index (χ0n) is 22.9. The smallest absolute Gasteiger partial charge is 0.242 e. The molecule has 2 aromatic rings. The Bertz CT molecular complexity index is 1070. The lowest BCUT2D eigenvalue weighted by atomic mass is 9.99. The minimum atomic E-state index is -0.973. The van der Waals surface area contributed by atoms with E-state index in [-0.39, 0.29) is 24.8 Å². The Morgan fingerprint density at radius 3 is 2.77 bits per heavy atom. The fourth-order valence-corrected chi connectivity index (χ4v) is 4.98. The van der Waals surface area contributed by atoms with Gasteiger partial charge in [0.2, 0.25) is 11.8 Å². The second-order valence-electron chi connectivity index (χ2n) is 9.93. The molecule has 0 fully saturated rings. The van der Waals surface area contributed by atoms with Crippen LogP contribution in [0.4, 0.5) is 4.39 Å². The van der Waals surface area contributed by atoms with E-state index < -0.39 is 24.0 Å². The number of aliphatic hydroxyl groups excluding tert-OH is 1. The topological polar surface area (TPSA) is 113 Å². The Hall–Kier alpha value is -2.69. The van der Waals surface area contributed by atoms with Crippen molar-refractivity contribution >= 4 is 23.6 Å². The van der Waals surface area contributed by atoms with Gasteiger partial charge in [-0.2, -0.15) is 11.8 Å². The molecule has 3 atom stereocenters. The average molecular weight is 561 g/mol. The lowest BCUT2D eigenvalue weighted by molar-refractivity contribution is -0.130. The fourth-order valence-electron chi connectivity index (χ4n) is 4.51. The van der Waals surface area contributed by atoms with Gasteiger partial charge in [0.1, 0.15) is 17.6 Å². The average Bonchev–Trinajstić information content (AvgIpc) is 2.91. The van der Waals surface area contributed by atoms with E-state index in [0.717, 1.165) is 30.4 Å². The molecule has 2 heterocycles. The molecule has 0 radical (unpaired) electrons. The van der Waals surface area contributed by atoms with Gasteiger partial charge in [0, 0.05) is 38.0 Å². The predicted molar refractivity (Wildman–Crippen MR) is 152 cm³/mol. The van der Waals surface area contributed by atoms with Crippen molar-refractivity contribution in [2.45, 2.75) is 76.6 Å². The summed E-state index contributed by atoms with van der Waals surface area (Å²) in [5.41, 5.74) is 2.73. The van der Waals surface area contributed by atoms with Gasteiger partial charge in [0.15, 0.2) is 0 Å². The van der Waals surface area contributed by atoms with Crippen molar-refractivity contribution in [3.05, 3.63) is 59.2 Å². The molecule has 3 rings (SSSR count). The number of nitrogens with one attached hydrogen (secondary N) is 3. The highest BCUT2D eigenvalue weighted by molar-refractivity contribution is 7.98. The monoisotopic (exact) mass is 560 g/mol. The van der Waals surface area contributed by atoms with Gasteiger partial charge >= 0.3 is 0 Å². The summed E-state index contributed by atoms with van der Waals surface area (Å²) in [4.78, 5) is 30.2. The van der Waals surface area contributed by atoms with Crippen LogP contribution >= 0.6 is 11.8 Å². The minimum absolute atomic E-state index is 0.168. The number of hydrogen-bond acceptors (Lipinski definition) is 7. The highest BCUT2D eigenvalue weighted by Gasteiger charge is 2.27. The Balaban J connectivity index is 1.79. The quantitative estimate of drug-likeness (QED) is 0.373. The van der Waals surface area contributed by atoms with Crippen LogP contribution in [0, 0.1) is 5.82 Å². The number of fused-ring (bicyclic) bond motifs is 2. The first kappa shape index (κ1) is 30.8. The van der Waals surface area contributed by atoms with E-state index in [1.54, 1.807) is 24.0 Å². The fraction of sp³-hybridized carbons (Fsp3) is 0.552. The molecule has 1 aliphatic heterocycles. The SMILES string of the molecule is CCc1cncc(CNCC(O)C2Cc3cc(F)cc(c3)OCCCCCC(=O)NC(CCSC)C(=O)N2)c1. The second kappa shape index (κ2) is 16.4. The summed E-state index contributed by atoms with van der Waals surface area (Å²) in [6.45, 7) is 3.18. The molecule has 3 unspecified atom stereocenters. The lowest BCUT2D eigenvalue weighted by Crippen LogP contribution is -2.55. The maximum Gasteiger partial charge on any atom is 0.242 e. The Labute approximate surface area is 234 Å². The van der Waals surface area contributed by atoms with Gasteiger partial charge in [-0.15, -0.1) is 0 Å². The molecular weight excluding hydrogens is 519 g/mol. The Kier molecular flexibility index (Phi) is 13.0. The molecule has 0 saturated carbocycles. The minimum Gasteiger partial charge on any atom is -0.493 e. The van der Waals surface area contributed by atoms with Crippen molar-refractivity contribution in [3.8, 4) is 5.75 Å². The van der Waals surface area contributed by atoms with Gasteiger partial charge in [-0.3, -0.25) is 14.6 Å². The van der Waals surface area contributed by atoms with Crippen LogP contribution in [-0.4, -0.2) is 65.3 Å². The van der Waals surface area contributed by atoms with Crippen molar-refractivity contribution < 1.29 is 23.8 Å². The number of rotatable bonds is 9. The molecule has 0 saturated heterocycles. The highest BCUT2D eigenvalue weighted by atomic mass is 32.2. The van der Waals surface area contributed by atoms with Gasteiger partial charge in [0.25, 0.3) is 0 Å². The Morgan fingerprint density at radius 1 is 1.15 bits per heavy atom. The van der Waals surface area contributed by atoms with E-state index in [1.807, 2.05) is 12.5 Å². The molecule has 8 nitrogen and oxygen atoms in total. The van der Waals surface area contributed by atoms with Gasteiger partial charge in [-0.25, -0.2) is 4.39 Å². The summed E-state index contributed by atoms with van der Waals surface area (Å²) in [6.07, 6.45) is 8.64. The number of aliphatic hydroxyl groups is 1. The van der Waals surface area contributed by atoms with Gasteiger partial charge in [-0.05, 0) is 79.4 Å². The first-order chi connectivity index (χ1) is 18.9. The zero-order chi connectivity index (χ0) is 28.0. The highest BCUT2D eigenvalue weighted by Crippen LogP contribution is 2.20. The summed E-state index contributed by atoms with van der Waals surface area (Å²) in [5.74, 6) is 0.144. The van der Waals surface area contributed by atoms with Gasteiger partial charge in [0.05, 0.1) is 18.8 Å². The van der Waals surface area contributed by atoms with Crippen molar-refractivity contribution in [1.29, 1.82) is 0 Å². The molecule has 10 heteroatoms. The largest absolute Gasteiger partial charge is 0.493 e. The summed E-state index contributed by atoms with van der Waals surface area (Å²) in [7, 11) is 0. The van der Waals surface area contributed by atoms with E-state index in [4.69, 9.17) is 4.74 Å².